The molecule has 1 atom stereocenters. The topological polar surface area (TPSA) is 107 Å². The van der Waals surface area contributed by atoms with Gasteiger partial charge in [0.05, 0.1) is 18.7 Å². The van der Waals surface area contributed by atoms with Crippen LogP contribution in [0, 0.1) is 0 Å². The van der Waals surface area contributed by atoms with E-state index in [0.29, 0.717) is 30.9 Å². The Morgan fingerprint density at radius 3 is 2.72 bits per heavy atom. The van der Waals surface area contributed by atoms with Gasteiger partial charge in [0.1, 0.15) is 11.2 Å². The van der Waals surface area contributed by atoms with E-state index >= 15 is 0 Å². The molecule has 9 heteroatoms. The van der Waals surface area contributed by atoms with Crippen molar-refractivity contribution in [3.05, 3.63) is 39.7 Å². The molecule has 174 valence electrons. The summed E-state index contributed by atoms with van der Waals surface area (Å²) in [5.41, 5.74) is 0.742. The normalized spacial score (nSPS) is 15.6. The highest BCUT2D eigenvalue weighted by atomic mass is 32.2. The number of aromatic carboxylic acids is 1. The number of carbonyl (C=O) groups is 2. The maximum Gasteiger partial charge on any atom is 0.407 e. The third kappa shape index (κ3) is 5.83. The van der Waals surface area contributed by atoms with Gasteiger partial charge >= 0.3 is 12.1 Å². The smallest absolute Gasteiger partial charge is 0.407 e. The van der Waals surface area contributed by atoms with E-state index < -0.39 is 23.1 Å². The second-order valence-corrected chi connectivity index (χ2v) is 10.0. The first-order valence-corrected chi connectivity index (χ1v) is 11.7. The SMILES string of the molecule is C[C@H]1CCc2cc(SCCOCCNC(=O)OC(C)(C)C)cc3c(=O)c(C(=O)O)cn1c23. The van der Waals surface area contributed by atoms with Crippen molar-refractivity contribution in [1.82, 2.24) is 9.88 Å². The van der Waals surface area contributed by atoms with E-state index in [0.717, 1.165) is 28.8 Å². The molecule has 8 nitrogen and oxygen atoms in total. The Morgan fingerprint density at radius 1 is 1.28 bits per heavy atom. The van der Waals surface area contributed by atoms with Gasteiger partial charge in [-0.1, -0.05) is 0 Å². The van der Waals surface area contributed by atoms with Crippen molar-refractivity contribution < 1.29 is 24.2 Å². The number of amides is 1. The molecule has 2 N–H and O–H groups in total. The Balaban J connectivity index is 1.60. The number of carbonyl (C=O) groups excluding carboxylic acids is 1. The van der Waals surface area contributed by atoms with Crippen molar-refractivity contribution >= 4 is 34.7 Å². The number of pyridine rings is 1. The molecule has 0 unspecified atom stereocenters. The molecule has 0 aliphatic carbocycles. The lowest BCUT2D eigenvalue weighted by Crippen LogP contribution is -2.34. The first-order chi connectivity index (χ1) is 15.1. The van der Waals surface area contributed by atoms with Crippen molar-refractivity contribution in [3.8, 4) is 0 Å². The summed E-state index contributed by atoms with van der Waals surface area (Å²) in [4.78, 5) is 36.9. The van der Waals surface area contributed by atoms with Gasteiger partial charge in [-0.3, -0.25) is 4.79 Å². The van der Waals surface area contributed by atoms with Crippen LogP contribution in [0.1, 0.15) is 56.1 Å². The van der Waals surface area contributed by atoms with E-state index in [9.17, 15) is 19.5 Å². The molecule has 1 amide bonds. The Hall–Kier alpha value is -2.52. The molecule has 1 aromatic heterocycles. The molecule has 0 spiro atoms. The predicted molar refractivity (Wildman–Crippen MR) is 124 cm³/mol. The number of nitrogens with zero attached hydrogens (tertiary/aromatic N) is 1. The van der Waals surface area contributed by atoms with E-state index in [-0.39, 0.29) is 11.6 Å². The molecule has 0 radical (unpaired) electrons. The van der Waals surface area contributed by atoms with Gasteiger partial charge in [-0.05, 0) is 58.2 Å². The Morgan fingerprint density at radius 2 is 2.03 bits per heavy atom. The number of hydrogen-bond acceptors (Lipinski definition) is 6. The fourth-order valence-electron chi connectivity index (χ4n) is 3.69. The number of carboxylic acids is 1. The molecular weight excluding hydrogens is 432 g/mol. The fourth-order valence-corrected chi connectivity index (χ4v) is 4.55. The molecule has 0 fully saturated rings. The number of aryl methyl sites for hydroxylation is 1. The van der Waals surface area contributed by atoms with Crippen LogP contribution in [-0.2, 0) is 15.9 Å². The summed E-state index contributed by atoms with van der Waals surface area (Å²) in [5, 5.41) is 12.6. The predicted octanol–water partition coefficient (Wildman–Crippen LogP) is 3.84. The van der Waals surface area contributed by atoms with Crippen molar-refractivity contribution in [2.45, 2.75) is 57.1 Å². The molecule has 1 aromatic carbocycles. The lowest BCUT2D eigenvalue weighted by atomic mass is 9.96. The maximum absolute atomic E-state index is 12.8. The summed E-state index contributed by atoms with van der Waals surface area (Å²) >= 11 is 1.56. The standard InChI is InChI=1S/C23H30N2O6S/c1-14-5-6-15-11-16(12-17-19(15)25(14)13-18(20(17)26)21(27)28)32-10-9-30-8-7-24-22(29)31-23(2,3)4/h11-14H,5-10H2,1-4H3,(H,24,29)(H,27,28)/t14-/m0/s1. The Bertz CT molecular complexity index is 1070. The first-order valence-electron chi connectivity index (χ1n) is 10.7. The Labute approximate surface area is 191 Å². The summed E-state index contributed by atoms with van der Waals surface area (Å²) in [6.07, 6.45) is 2.75. The summed E-state index contributed by atoms with van der Waals surface area (Å²) in [6, 6.07) is 4.01. The van der Waals surface area contributed by atoms with Crippen molar-refractivity contribution in [2.75, 3.05) is 25.5 Å². The number of hydrogen-bond donors (Lipinski definition) is 2. The van der Waals surface area contributed by atoms with E-state index in [2.05, 4.69) is 11.4 Å². The fraction of sp³-hybridized carbons (Fsp3) is 0.522. The zero-order valence-corrected chi connectivity index (χ0v) is 19.7. The van der Waals surface area contributed by atoms with Crippen LogP contribution in [-0.4, -0.2) is 52.8 Å². The van der Waals surface area contributed by atoms with Crippen LogP contribution in [0.15, 0.2) is 28.0 Å². The first kappa shape index (κ1) is 24.1. The van der Waals surface area contributed by atoms with E-state index in [4.69, 9.17) is 9.47 Å². The molecule has 0 bridgehead atoms. The minimum atomic E-state index is -1.20. The van der Waals surface area contributed by atoms with Crippen LogP contribution in [0.4, 0.5) is 4.79 Å². The number of aromatic nitrogens is 1. The van der Waals surface area contributed by atoms with E-state index in [1.807, 2.05) is 11.5 Å². The number of benzene rings is 1. The molecule has 32 heavy (non-hydrogen) atoms. The van der Waals surface area contributed by atoms with Crippen LogP contribution in [0.3, 0.4) is 0 Å². The van der Waals surface area contributed by atoms with Crippen molar-refractivity contribution in [1.29, 1.82) is 0 Å². The lowest BCUT2D eigenvalue weighted by Gasteiger charge is -2.27. The maximum atomic E-state index is 12.8. The number of nitrogens with one attached hydrogen (secondary N) is 1. The van der Waals surface area contributed by atoms with Gasteiger partial charge in [0.25, 0.3) is 0 Å². The molecule has 2 aromatic rings. The van der Waals surface area contributed by atoms with Gasteiger partial charge in [-0.25, -0.2) is 9.59 Å². The molecule has 1 aliphatic rings. The minimum Gasteiger partial charge on any atom is -0.477 e. The third-order valence-corrected chi connectivity index (χ3v) is 6.07. The highest BCUT2D eigenvalue weighted by molar-refractivity contribution is 7.99. The largest absolute Gasteiger partial charge is 0.477 e. The van der Waals surface area contributed by atoms with Gasteiger partial charge in [0, 0.05) is 34.8 Å². The van der Waals surface area contributed by atoms with Crippen LogP contribution in [0.2, 0.25) is 0 Å². The van der Waals surface area contributed by atoms with Crippen molar-refractivity contribution in [3.63, 3.8) is 0 Å². The highest BCUT2D eigenvalue weighted by Crippen LogP contribution is 2.33. The quantitative estimate of drug-likeness (QED) is 0.453. The summed E-state index contributed by atoms with van der Waals surface area (Å²) in [5.74, 6) is -0.535. The number of alkyl carbamates (subject to hydrolysis) is 1. The average Bonchev–Trinajstić information content (AvgIpc) is 2.69. The monoisotopic (exact) mass is 462 g/mol. The van der Waals surface area contributed by atoms with Gasteiger partial charge in [0.15, 0.2) is 0 Å². The van der Waals surface area contributed by atoms with Gasteiger partial charge < -0.3 is 24.5 Å². The van der Waals surface area contributed by atoms with Crippen LogP contribution < -0.4 is 10.7 Å². The third-order valence-electron chi connectivity index (χ3n) is 5.13. The molecule has 2 heterocycles. The second-order valence-electron chi connectivity index (χ2n) is 8.84. The van der Waals surface area contributed by atoms with Crippen LogP contribution in [0.5, 0.6) is 0 Å². The number of ether oxygens (including phenoxy) is 2. The van der Waals surface area contributed by atoms with Gasteiger partial charge in [0.2, 0.25) is 5.43 Å². The lowest BCUT2D eigenvalue weighted by molar-refractivity contribution is 0.0503. The molecule has 1 aliphatic heterocycles. The Kier molecular flexibility index (Phi) is 7.51. The van der Waals surface area contributed by atoms with Crippen LogP contribution in [0.25, 0.3) is 10.9 Å². The van der Waals surface area contributed by atoms with E-state index in [1.165, 1.54) is 6.20 Å². The number of thioether (sulfide) groups is 1. The average molecular weight is 463 g/mol. The number of rotatable bonds is 8. The van der Waals surface area contributed by atoms with Gasteiger partial charge in [-0.2, -0.15) is 0 Å². The van der Waals surface area contributed by atoms with Crippen LogP contribution >= 0.6 is 11.8 Å². The summed E-state index contributed by atoms with van der Waals surface area (Å²) in [7, 11) is 0. The molecule has 0 saturated carbocycles. The molecular formula is C23H30N2O6S. The van der Waals surface area contributed by atoms with Crippen molar-refractivity contribution in [2.24, 2.45) is 0 Å². The number of carboxylic acid groups (broad SMARTS) is 1. The molecule has 3 rings (SSSR count). The second kappa shape index (κ2) is 9.95. The van der Waals surface area contributed by atoms with E-state index in [1.54, 1.807) is 38.6 Å². The summed E-state index contributed by atoms with van der Waals surface area (Å²) < 4.78 is 12.6. The zero-order valence-electron chi connectivity index (χ0n) is 18.9. The van der Waals surface area contributed by atoms with Gasteiger partial charge in [-0.15, -0.1) is 11.8 Å². The molecule has 0 saturated heterocycles. The zero-order chi connectivity index (χ0) is 23.5. The summed E-state index contributed by atoms with van der Waals surface area (Å²) in [6.45, 7) is 8.65. The highest BCUT2D eigenvalue weighted by Gasteiger charge is 2.23. The minimum absolute atomic E-state index is 0.143.